The molecule has 2 heterocycles. The maximum Gasteiger partial charge on any atom is 0.506 e. The van der Waals surface area contributed by atoms with Crippen LogP contribution in [0, 0.1) is 0 Å². The Labute approximate surface area is 173 Å². The van der Waals surface area contributed by atoms with Crippen LogP contribution in [0.15, 0.2) is 58.1 Å². The lowest BCUT2D eigenvalue weighted by Crippen LogP contribution is -2.41. The molecule has 0 unspecified atom stereocenters. The zero-order valence-corrected chi connectivity index (χ0v) is 16.6. The number of rotatable bonds is 5. The van der Waals surface area contributed by atoms with Crippen molar-refractivity contribution in [3.63, 3.8) is 0 Å². The Morgan fingerprint density at radius 1 is 1.00 bits per heavy atom. The van der Waals surface area contributed by atoms with E-state index < -0.39 is 6.16 Å². The zero-order chi connectivity index (χ0) is 21.1. The van der Waals surface area contributed by atoms with E-state index in [1.165, 1.54) is 0 Å². The van der Waals surface area contributed by atoms with Crippen molar-refractivity contribution in [3.8, 4) is 0 Å². The van der Waals surface area contributed by atoms with Crippen LogP contribution in [0.4, 0.5) is 4.79 Å². The number of aromatic nitrogens is 1. The average Bonchev–Trinajstić information content (AvgIpc) is 2.83. The molecule has 1 aliphatic heterocycles. The standard InChI is InChI=1S/C23H24N2O5/c26-21-17-8-1-2-9-18(17)22(27)25(20-11-4-3-10-19(20)21)14-6-13-24-12-5-7-16(15-24)30-23(28)29/h1-4,8-11,16H,5-7,12-15H2,(H,28,29)/t16-/m1/s1. The van der Waals surface area contributed by atoms with E-state index in [0.717, 1.165) is 25.9 Å². The van der Waals surface area contributed by atoms with E-state index in [1.54, 1.807) is 34.9 Å². The lowest BCUT2D eigenvalue weighted by atomic mass is 10.1. The van der Waals surface area contributed by atoms with Crippen LogP contribution in [0.3, 0.4) is 0 Å². The van der Waals surface area contributed by atoms with E-state index in [4.69, 9.17) is 9.84 Å². The Kier molecular flexibility index (Phi) is 5.81. The fourth-order valence-electron chi connectivity index (χ4n) is 4.30. The SMILES string of the molecule is O=C(O)O[C@@H]1CCCN(CCCn2c(=O)c3ccccc3c(=O)c3ccccc32)C1. The molecule has 1 aromatic heterocycles. The first-order valence-corrected chi connectivity index (χ1v) is 10.2. The quantitative estimate of drug-likeness (QED) is 0.653. The molecule has 1 saturated heterocycles. The monoisotopic (exact) mass is 408 g/mol. The number of ether oxygens (including phenoxy) is 1. The molecule has 0 radical (unpaired) electrons. The molecule has 0 amide bonds. The van der Waals surface area contributed by atoms with Crippen molar-refractivity contribution in [2.45, 2.75) is 31.9 Å². The Hall–Kier alpha value is -3.19. The maximum atomic E-state index is 13.3. The molecule has 30 heavy (non-hydrogen) atoms. The molecule has 4 rings (SSSR count). The highest BCUT2D eigenvalue weighted by molar-refractivity contribution is 5.90. The molecule has 156 valence electrons. The van der Waals surface area contributed by atoms with Gasteiger partial charge >= 0.3 is 6.16 Å². The van der Waals surface area contributed by atoms with Crippen LogP contribution in [0.25, 0.3) is 21.7 Å². The molecular weight excluding hydrogens is 384 g/mol. The molecule has 0 spiro atoms. The number of carbonyl (C=O) groups is 1. The van der Waals surface area contributed by atoms with Crippen molar-refractivity contribution in [3.05, 3.63) is 69.1 Å². The highest BCUT2D eigenvalue weighted by Gasteiger charge is 2.22. The molecule has 0 saturated carbocycles. The normalized spacial score (nSPS) is 17.3. The van der Waals surface area contributed by atoms with Gasteiger partial charge in [0.15, 0.2) is 5.43 Å². The summed E-state index contributed by atoms with van der Waals surface area (Å²) in [5, 5.41) is 10.2. The van der Waals surface area contributed by atoms with Crippen LogP contribution in [-0.2, 0) is 11.3 Å². The van der Waals surface area contributed by atoms with E-state index >= 15 is 0 Å². The maximum absolute atomic E-state index is 13.3. The average molecular weight is 408 g/mol. The van der Waals surface area contributed by atoms with Crippen LogP contribution in [0.1, 0.15) is 19.3 Å². The second-order valence-corrected chi connectivity index (χ2v) is 7.65. The Balaban J connectivity index is 1.62. The second-order valence-electron chi connectivity index (χ2n) is 7.65. The number of nitrogens with zero attached hydrogens (tertiary/aromatic N) is 2. The highest BCUT2D eigenvalue weighted by atomic mass is 16.7. The summed E-state index contributed by atoms with van der Waals surface area (Å²) in [4.78, 5) is 39.3. The second kappa shape index (κ2) is 8.67. The number of likely N-dealkylation sites (tertiary alicyclic amines) is 1. The van der Waals surface area contributed by atoms with Gasteiger partial charge in [-0.05, 0) is 50.6 Å². The topological polar surface area (TPSA) is 88.8 Å². The molecule has 3 aromatic rings. The molecule has 7 heteroatoms. The molecular formula is C23H24N2O5. The number of aryl methyl sites for hydroxylation is 1. The fourth-order valence-corrected chi connectivity index (χ4v) is 4.30. The first kappa shape index (κ1) is 20.1. The van der Waals surface area contributed by atoms with Gasteiger partial charge in [-0.1, -0.05) is 30.3 Å². The summed E-state index contributed by atoms with van der Waals surface area (Å²) in [6.07, 6.45) is 0.777. The van der Waals surface area contributed by atoms with E-state index in [0.29, 0.717) is 41.2 Å². The Morgan fingerprint density at radius 3 is 2.47 bits per heavy atom. The smallest absolute Gasteiger partial charge is 0.450 e. The number of hydrogen-bond donors (Lipinski definition) is 1. The van der Waals surface area contributed by atoms with Crippen molar-refractivity contribution < 1.29 is 14.6 Å². The summed E-state index contributed by atoms with van der Waals surface area (Å²) in [7, 11) is 0. The van der Waals surface area contributed by atoms with Gasteiger partial charge in [0, 0.05) is 23.9 Å². The lowest BCUT2D eigenvalue weighted by Gasteiger charge is -2.31. The molecule has 1 N–H and O–H groups in total. The molecule has 1 aliphatic rings. The van der Waals surface area contributed by atoms with E-state index in [-0.39, 0.29) is 17.1 Å². The van der Waals surface area contributed by atoms with Crippen LogP contribution < -0.4 is 11.0 Å². The minimum Gasteiger partial charge on any atom is -0.450 e. The van der Waals surface area contributed by atoms with Crippen LogP contribution >= 0.6 is 0 Å². The first-order chi connectivity index (χ1) is 14.5. The van der Waals surface area contributed by atoms with Gasteiger partial charge in [0.1, 0.15) is 6.10 Å². The van der Waals surface area contributed by atoms with Crippen molar-refractivity contribution in [2.24, 2.45) is 0 Å². The summed E-state index contributed by atoms with van der Waals surface area (Å²) in [6.45, 7) is 2.64. The van der Waals surface area contributed by atoms with Gasteiger partial charge in [-0.2, -0.15) is 0 Å². The molecule has 1 fully saturated rings. The number of para-hydroxylation sites is 1. The van der Waals surface area contributed by atoms with Gasteiger partial charge < -0.3 is 14.4 Å². The van der Waals surface area contributed by atoms with Gasteiger partial charge in [-0.3, -0.25) is 14.5 Å². The third-order valence-electron chi connectivity index (χ3n) is 5.67. The van der Waals surface area contributed by atoms with Crippen LogP contribution in [0.5, 0.6) is 0 Å². The number of benzene rings is 2. The number of carboxylic acid groups (broad SMARTS) is 1. The lowest BCUT2D eigenvalue weighted by molar-refractivity contribution is 0.0131. The highest BCUT2D eigenvalue weighted by Crippen LogP contribution is 2.15. The van der Waals surface area contributed by atoms with Crippen molar-refractivity contribution in [1.29, 1.82) is 0 Å². The summed E-state index contributed by atoms with van der Waals surface area (Å²) >= 11 is 0. The van der Waals surface area contributed by atoms with E-state index in [9.17, 15) is 14.4 Å². The van der Waals surface area contributed by atoms with Gasteiger partial charge in [0.2, 0.25) is 0 Å². The molecule has 2 aromatic carbocycles. The Bertz CT molecular complexity index is 1200. The molecule has 7 nitrogen and oxygen atoms in total. The van der Waals surface area contributed by atoms with Gasteiger partial charge in [-0.15, -0.1) is 0 Å². The summed E-state index contributed by atoms with van der Waals surface area (Å²) in [5.74, 6) is 0. The molecule has 0 aliphatic carbocycles. The van der Waals surface area contributed by atoms with Gasteiger partial charge in [0.25, 0.3) is 5.56 Å². The summed E-state index contributed by atoms with van der Waals surface area (Å²) in [6, 6.07) is 14.2. The Morgan fingerprint density at radius 2 is 1.70 bits per heavy atom. The predicted molar refractivity (Wildman–Crippen MR) is 115 cm³/mol. The minimum absolute atomic E-state index is 0.137. The van der Waals surface area contributed by atoms with Crippen LogP contribution in [0.2, 0.25) is 0 Å². The third-order valence-corrected chi connectivity index (χ3v) is 5.67. The summed E-state index contributed by atoms with van der Waals surface area (Å²) in [5.41, 5.74) is 0.325. The first-order valence-electron chi connectivity index (χ1n) is 10.2. The van der Waals surface area contributed by atoms with Crippen molar-refractivity contribution in [1.82, 2.24) is 9.47 Å². The summed E-state index contributed by atoms with van der Waals surface area (Å²) < 4.78 is 6.61. The predicted octanol–water partition coefficient (Wildman–Crippen LogP) is 3.06. The number of fused-ring (bicyclic) bond motifs is 2. The van der Waals surface area contributed by atoms with E-state index in [2.05, 4.69) is 4.90 Å². The third kappa shape index (κ3) is 4.07. The molecule has 0 bridgehead atoms. The van der Waals surface area contributed by atoms with E-state index in [1.807, 2.05) is 18.2 Å². The van der Waals surface area contributed by atoms with Crippen LogP contribution in [-0.4, -0.2) is 46.5 Å². The van der Waals surface area contributed by atoms with Crippen molar-refractivity contribution >= 4 is 27.8 Å². The zero-order valence-electron chi connectivity index (χ0n) is 16.6. The number of piperidine rings is 1. The number of hydrogen-bond acceptors (Lipinski definition) is 5. The van der Waals surface area contributed by atoms with Gasteiger partial charge in [-0.25, -0.2) is 4.79 Å². The van der Waals surface area contributed by atoms with Crippen molar-refractivity contribution in [2.75, 3.05) is 19.6 Å². The molecule has 1 atom stereocenters. The fraction of sp³-hybridized carbons (Fsp3) is 0.348. The minimum atomic E-state index is -1.24. The largest absolute Gasteiger partial charge is 0.506 e. The van der Waals surface area contributed by atoms with Gasteiger partial charge in [0.05, 0.1) is 10.9 Å².